The van der Waals surface area contributed by atoms with Crippen LogP contribution in [0.4, 0.5) is 19.0 Å². The number of nitrogens with one attached hydrogen (secondary N) is 1. The molecule has 4 saturated carbocycles. The van der Waals surface area contributed by atoms with Gasteiger partial charge >= 0.3 is 27.5 Å². The van der Waals surface area contributed by atoms with Crippen LogP contribution in [-0.2, 0) is 19.6 Å². The fraction of sp³-hybridized carbons (Fsp3) is 0.711. The summed E-state index contributed by atoms with van der Waals surface area (Å²) in [5.41, 5.74) is -4.40. The smallest absolute Gasteiger partial charge is 0.480 e. The molecule has 0 bridgehead atoms. The first-order valence-corrected chi connectivity index (χ1v) is 23.1. The predicted molar refractivity (Wildman–Crippen MR) is 222 cm³/mol. The van der Waals surface area contributed by atoms with E-state index in [1.54, 1.807) is 0 Å². The van der Waals surface area contributed by atoms with Crippen LogP contribution in [0.5, 0.6) is 0 Å². The number of sulfonamides is 1. The predicted octanol–water partition coefficient (Wildman–Crippen LogP) is 10.2. The summed E-state index contributed by atoms with van der Waals surface area (Å²) < 4.78 is 68.0. The number of pyridine rings is 1. The number of hydrogen-bond donors (Lipinski definition) is 3. The molecule has 6 aliphatic carbocycles. The summed E-state index contributed by atoms with van der Waals surface area (Å²) in [6, 6.07) is 2.53. The van der Waals surface area contributed by atoms with Crippen LogP contribution >= 0.6 is 11.6 Å². The lowest BCUT2D eigenvalue weighted by Gasteiger charge is -2.72. The van der Waals surface area contributed by atoms with Gasteiger partial charge in [0.05, 0.1) is 5.02 Å². The molecule has 9 atom stereocenters. The number of carboxylic acids is 2. The molecule has 4 fully saturated rings. The Morgan fingerprint density at radius 2 is 1.63 bits per heavy atom. The molecule has 0 aliphatic heterocycles. The van der Waals surface area contributed by atoms with E-state index in [0.717, 1.165) is 75.1 Å². The topological polar surface area (TPSA) is 137 Å². The highest BCUT2D eigenvalue weighted by Gasteiger charge is 2.70. The van der Waals surface area contributed by atoms with Crippen molar-refractivity contribution in [1.29, 1.82) is 0 Å². The fourth-order valence-corrected chi connectivity index (χ4v) is 15.6. The Hall–Kier alpha value is -2.90. The highest BCUT2D eigenvalue weighted by Crippen LogP contribution is 2.76. The van der Waals surface area contributed by atoms with E-state index < -0.39 is 39.4 Å². The van der Waals surface area contributed by atoms with E-state index in [0.29, 0.717) is 28.5 Å². The molecule has 14 heteroatoms. The molecular weight excluding hydrogens is 803 g/mol. The van der Waals surface area contributed by atoms with Crippen molar-refractivity contribution in [1.82, 2.24) is 10.3 Å². The Bertz CT molecular complexity index is 2060. The van der Waals surface area contributed by atoms with Crippen LogP contribution in [0.1, 0.15) is 119 Å². The summed E-state index contributed by atoms with van der Waals surface area (Å²) in [6.45, 7) is 18.3. The summed E-state index contributed by atoms with van der Waals surface area (Å²) in [5.74, 6) is -1.31. The Morgan fingerprint density at radius 1 is 0.932 bits per heavy atom. The number of carboxylic acid groups (broad SMARTS) is 2. The zero-order valence-electron chi connectivity index (χ0n) is 35.2. The van der Waals surface area contributed by atoms with E-state index in [9.17, 15) is 41.4 Å². The first-order chi connectivity index (χ1) is 27.3. The lowest BCUT2D eigenvalue weighted by molar-refractivity contribution is -0.221. The van der Waals surface area contributed by atoms with Gasteiger partial charge in [0.25, 0.3) is 0 Å². The maximum atomic E-state index is 14.0. The van der Waals surface area contributed by atoms with E-state index >= 15 is 0 Å². The van der Waals surface area contributed by atoms with Gasteiger partial charge in [0, 0.05) is 24.8 Å². The standard InChI is InChI=1S/C45H61ClF3N3O6S/c1-27(2)30-14-21-44(51-24-25-52(59(57,58)45(47,48)49)35-11-8-29(46)26-50-35)23-22-41(6)32(36(30)44)9-10-34-40(5)17-15-31(39(3,4)33(40)16-18-42(34,41)7)28-12-19-43(20-13-28,37(53)54)38(55)56/h8,11-12,15,26,30,32-34,36,51H,1,9-10,13-14,16-25H2,2-7H3,(H,53,54)(H,55,56)/t30-,32+,33-,34+,36+,40-,41+,42+,44-/m0/s1. The number of aromatic nitrogens is 1. The van der Waals surface area contributed by atoms with Crippen molar-refractivity contribution in [3.05, 3.63) is 58.8 Å². The third-order valence-corrected chi connectivity index (χ3v) is 19.4. The maximum absolute atomic E-state index is 14.0. The molecule has 0 saturated heterocycles. The first kappa shape index (κ1) is 44.2. The molecule has 7 rings (SSSR count). The Morgan fingerprint density at radius 3 is 2.20 bits per heavy atom. The monoisotopic (exact) mass is 863 g/mol. The molecule has 59 heavy (non-hydrogen) atoms. The molecule has 9 nitrogen and oxygen atoms in total. The average molecular weight is 865 g/mol. The Kier molecular flexibility index (Phi) is 10.9. The first-order valence-electron chi connectivity index (χ1n) is 21.3. The number of alkyl halides is 3. The molecule has 0 unspecified atom stereocenters. The second-order valence-corrected chi connectivity index (χ2v) is 22.6. The molecule has 326 valence electrons. The Labute approximate surface area is 352 Å². The third-order valence-electron chi connectivity index (χ3n) is 17.7. The number of carbonyl (C=O) groups is 2. The molecule has 0 spiro atoms. The molecule has 6 aliphatic rings. The van der Waals surface area contributed by atoms with Crippen LogP contribution < -0.4 is 9.62 Å². The van der Waals surface area contributed by atoms with Gasteiger partial charge in [-0.05, 0) is 159 Å². The number of nitrogens with zero attached hydrogens (tertiary/aromatic N) is 2. The zero-order valence-corrected chi connectivity index (χ0v) is 36.8. The van der Waals surface area contributed by atoms with Gasteiger partial charge in [-0.15, -0.1) is 0 Å². The molecule has 3 N–H and O–H groups in total. The van der Waals surface area contributed by atoms with Gasteiger partial charge in [0.1, 0.15) is 5.82 Å². The second-order valence-electron chi connectivity index (χ2n) is 20.3. The average Bonchev–Trinajstić information content (AvgIpc) is 3.53. The molecule has 1 heterocycles. The number of fused-ring (bicyclic) bond motifs is 7. The summed E-state index contributed by atoms with van der Waals surface area (Å²) in [4.78, 5) is 28.1. The number of hydrogen-bond acceptors (Lipinski definition) is 6. The van der Waals surface area contributed by atoms with E-state index in [2.05, 4.69) is 64.5 Å². The van der Waals surface area contributed by atoms with Gasteiger partial charge in [0.2, 0.25) is 0 Å². The quantitative estimate of drug-likeness (QED) is 0.156. The van der Waals surface area contributed by atoms with Crippen LogP contribution in [0.3, 0.4) is 0 Å². The summed E-state index contributed by atoms with van der Waals surface area (Å²) in [6.07, 6.45) is 14.5. The molecular formula is C45H61ClF3N3O6S. The van der Waals surface area contributed by atoms with Crippen LogP contribution in [0.25, 0.3) is 0 Å². The van der Waals surface area contributed by atoms with Crippen LogP contribution in [0.2, 0.25) is 5.02 Å². The highest BCUT2D eigenvalue weighted by atomic mass is 35.5. The van der Waals surface area contributed by atoms with Crippen molar-refractivity contribution in [2.45, 2.75) is 130 Å². The number of allylic oxidation sites excluding steroid dienone is 5. The fourth-order valence-electron chi connectivity index (χ4n) is 14.6. The van der Waals surface area contributed by atoms with Crippen LogP contribution in [0.15, 0.2) is 53.8 Å². The lowest BCUT2D eigenvalue weighted by Crippen LogP contribution is -2.68. The number of halogens is 4. The highest BCUT2D eigenvalue weighted by molar-refractivity contribution is 7.93. The number of anilines is 1. The van der Waals surface area contributed by atoms with Crippen molar-refractivity contribution in [2.75, 3.05) is 17.4 Å². The lowest BCUT2D eigenvalue weighted by atomic mass is 9.33. The maximum Gasteiger partial charge on any atom is 0.516 e. The molecule has 1 aromatic heterocycles. The molecule has 0 amide bonds. The number of aliphatic carboxylic acids is 2. The summed E-state index contributed by atoms with van der Waals surface area (Å²) in [5, 5.41) is 23.6. The summed E-state index contributed by atoms with van der Waals surface area (Å²) >= 11 is 5.95. The minimum atomic E-state index is -5.73. The summed E-state index contributed by atoms with van der Waals surface area (Å²) in [7, 11) is -5.73. The van der Waals surface area contributed by atoms with E-state index in [-0.39, 0.29) is 69.3 Å². The minimum absolute atomic E-state index is 0.00838. The van der Waals surface area contributed by atoms with E-state index in [4.69, 9.17) is 11.6 Å². The second kappa shape index (κ2) is 14.6. The van der Waals surface area contributed by atoms with E-state index in [1.807, 2.05) is 6.08 Å². The van der Waals surface area contributed by atoms with Crippen molar-refractivity contribution >= 4 is 39.4 Å². The van der Waals surface area contributed by atoms with Gasteiger partial charge in [-0.2, -0.15) is 21.6 Å². The minimum Gasteiger partial charge on any atom is -0.480 e. The molecule has 0 aromatic carbocycles. The Balaban J connectivity index is 1.16. The van der Waals surface area contributed by atoms with Gasteiger partial charge < -0.3 is 15.5 Å². The van der Waals surface area contributed by atoms with Gasteiger partial charge in [-0.25, -0.2) is 9.29 Å². The normalized spacial score (nSPS) is 37.4. The van der Waals surface area contributed by atoms with Crippen molar-refractivity contribution in [3.8, 4) is 0 Å². The van der Waals surface area contributed by atoms with Crippen molar-refractivity contribution < 1.29 is 41.4 Å². The largest absolute Gasteiger partial charge is 0.516 e. The van der Waals surface area contributed by atoms with Gasteiger partial charge in [0.15, 0.2) is 5.41 Å². The van der Waals surface area contributed by atoms with Crippen LogP contribution in [0, 0.1) is 56.7 Å². The van der Waals surface area contributed by atoms with Gasteiger partial charge in [-0.1, -0.05) is 70.5 Å². The van der Waals surface area contributed by atoms with Crippen LogP contribution in [-0.4, -0.2) is 59.7 Å². The molecule has 1 aromatic rings. The van der Waals surface area contributed by atoms with Crippen molar-refractivity contribution in [3.63, 3.8) is 0 Å². The molecule has 0 radical (unpaired) electrons. The SMILES string of the molecule is C=C(C)[C@@H]1CC[C@]2(NCCN(c3ccc(Cl)cn3)S(=O)(=O)C(F)(F)F)CC[C@]3(C)[C@H](CC[C@@H]4[C@@]5(C)CC=C(C6=CCC(C(=O)O)(C(=O)O)CC6)C(C)(C)[C@@H]5CC[C@]43C)[C@@H]12. The van der Waals surface area contributed by atoms with Gasteiger partial charge in [-0.3, -0.25) is 9.59 Å². The third kappa shape index (κ3) is 6.54. The zero-order chi connectivity index (χ0) is 43.4. The van der Waals surface area contributed by atoms with Crippen molar-refractivity contribution in [2.24, 2.45) is 56.7 Å². The number of rotatable bonds is 10. The van der Waals surface area contributed by atoms with E-state index in [1.165, 1.54) is 17.7 Å².